The second-order valence-corrected chi connectivity index (χ2v) is 6.32. The second kappa shape index (κ2) is 6.45. The molecule has 0 aliphatic rings. The van der Waals surface area contributed by atoms with Crippen LogP contribution in [0.3, 0.4) is 0 Å². The summed E-state index contributed by atoms with van der Waals surface area (Å²) in [7, 11) is 0. The van der Waals surface area contributed by atoms with Crippen molar-refractivity contribution in [1.82, 2.24) is 20.0 Å². The molecular formula is C18H15N5OS. The molecule has 25 heavy (non-hydrogen) atoms. The van der Waals surface area contributed by atoms with Crippen LogP contribution in [0.1, 0.15) is 17.3 Å². The molecule has 2 aromatic carbocycles. The van der Waals surface area contributed by atoms with Crippen LogP contribution in [0.15, 0.2) is 53.9 Å². The molecule has 0 aliphatic carbocycles. The van der Waals surface area contributed by atoms with E-state index in [1.807, 2.05) is 48.7 Å². The Labute approximate surface area is 148 Å². The number of nitrogens with zero attached hydrogens (tertiary/aromatic N) is 4. The normalized spacial score (nSPS) is 10.9. The lowest BCUT2D eigenvalue weighted by atomic mass is 10.2. The lowest BCUT2D eigenvalue weighted by Gasteiger charge is -2.02. The van der Waals surface area contributed by atoms with Gasteiger partial charge in [-0.25, -0.2) is 9.67 Å². The van der Waals surface area contributed by atoms with Gasteiger partial charge in [-0.1, -0.05) is 35.5 Å². The fraction of sp³-hybridized carbons (Fsp3) is 0.111. The van der Waals surface area contributed by atoms with Gasteiger partial charge in [-0.15, -0.1) is 16.4 Å². The van der Waals surface area contributed by atoms with Gasteiger partial charge in [0.2, 0.25) is 0 Å². The van der Waals surface area contributed by atoms with Crippen LogP contribution in [-0.2, 0) is 6.54 Å². The van der Waals surface area contributed by atoms with Crippen molar-refractivity contribution in [2.75, 3.05) is 5.32 Å². The van der Waals surface area contributed by atoms with Crippen LogP contribution in [0.2, 0.25) is 0 Å². The summed E-state index contributed by atoms with van der Waals surface area (Å²) >= 11 is 1.40. The summed E-state index contributed by atoms with van der Waals surface area (Å²) in [5, 5.41) is 13.5. The van der Waals surface area contributed by atoms with Crippen molar-refractivity contribution in [3.05, 3.63) is 59.5 Å². The molecule has 4 rings (SSSR count). The molecule has 0 fully saturated rings. The minimum atomic E-state index is -0.207. The Morgan fingerprint density at radius 3 is 2.84 bits per heavy atom. The highest BCUT2D eigenvalue weighted by Crippen LogP contribution is 2.25. The van der Waals surface area contributed by atoms with Gasteiger partial charge in [0.1, 0.15) is 5.52 Å². The number of fused-ring (bicyclic) bond motifs is 1. The standard InChI is InChI=1S/C18H15N5OS/c1-2-23-16-9-8-13(10-14(16)21-22-23)17(24)20-18-19-15(11-25-18)12-6-4-3-5-7-12/h3-11H,2H2,1H3,(H,19,20,24). The van der Waals surface area contributed by atoms with E-state index in [1.165, 1.54) is 11.3 Å². The Hall–Kier alpha value is -3.06. The predicted octanol–water partition coefficient (Wildman–Crippen LogP) is 3.83. The van der Waals surface area contributed by atoms with Gasteiger partial charge in [-0.05, 0) is 25.1 Å². The van der Waals surface area contributed by atoms with E-state index in [1.54, 1.807) is 16.8 Å². The smallest absolute Gasteiger partial charge is 0.257 e. The molecule has 7 heteroatoms. The lowest BCUT2D eigenvalue weighted by Crippen LogP contribution is -2.11. The number of carbonyl (C=O) groups is 1. The number of hydrogen-bond acceptors (Lipinski definition) is 5. The number of benzene rings is 2. The van der Waals surface area contributed by atoms with E-state index in [0.717, 1.165) is 23.3 Å². The van der Waals surface area contributed by atoms with Crippen molar-refractivity contribution in [2.24, 2.45) is 0 Å². The van der Waals surface area contributed by atoms with Crippen molar-refractivity contribution in [3.8, 4) is 11.3 Å². The molecular weight excluding hydrogens is 334 g/mol. The van der Waals surface area contributed by atoms with Crippen LogP contribution in [0.25, 0.3) is 22.3 Å². The number of amides is 1. The predicted molar refractivity (Wildman–Crippen MR) is 98.7 cm³/mol. The zero-order chi connectivity index (χ0) is 17.2. The van der Waals surface area contributed by atoms with Gasteiger partial charge in [0.15, 0.2) is 5.13 Å². The topological polar surface area (TPSA) is 72.7 Å². The van der Waals surface area contributed by atoms with Crippen LogP contribution in [0, 0.1) is 0 Å². The Balaban J connectivity index is 1.55. The van der Waals surface area contributed by atoms with Crippen LogP contribution in [0.5, 0.6) is 0 Å². The number of anilines is 1. The van der Waals surface area contributed by atoms with Gasteiger partial charge in [0.25, 0.3) is 5.91 Å². The molecule has 0 spiro atoms. The number of carbonyl (C=O) groups excluding carboxylic acids is 1. The summed E-state index contributed by atoms with van der Waals surface area (Å²) in [5.74, 6) is -0.207. The summed E-state index contributed by atoms with van der Waals surface area (Å²) < 4.78 is 1.80. The van der Waals surface area contributed by atoms with Crippen LogP contribution in [-0.4, -0.2) is 25.9 Å². The molecule has 2 heterocycles. The first-order chi connectivity index (χ1) is 12.2. The highest BCUT2D eigenvalue weighted by atomic mass is 32.1. The molecule has 0 radical (unpaired) electrons. The molecule has 1 N–H and O–H groups in total. The van der Waals surface area contributed by atoms with Gasteiger partial charge < -0.3 is 0 Å². The van der Waals surface area contributed by atoms with Gasteiger partial charge in [0, 0.05) is 23.1 Å². The van der Waals surface area contributed by atoms with Crippen LogP contribution < -0.4 is 5.32 Å². The summed E-state index contributed by atoms with van der Waals surface area (Å²) in [4.78, 5) is 17.0. The largest absolute Gasteiger partial charge is 0.298 e. The molecule has 124 valence electrons. The second-order valence-electron chi connectivity index (χ2n) is 5.47. The van der Waals surface area contributed by atoms with E-state index in [4.69, 9.17) is 0 Å². The maximum absolute atomic E-state index is 12.5. The van der Waals surface area contributed by atoms with Gasteiger partial charge in [-0.2, -0.15) is 0 Å². The highest BCUT2D eigenvalue weighted by molar-refractivity contribution is 7.14. The first-order valence-electron chi connectivity index (χ1n) is 7.90. The quantitative estimate of drug-likeness (QED) is 0.608. The first kappa shape index (κ1) is 15.5. The zero-order valence-electron chi connectivity index (χ0n) is 13.5. The average Bonchev–Trinajstić information content (AvgIpc) is 3.28. The van der Waals surface area contributed by atoms with Crippen LogP contribution in [0.4, 0.5) is 5.13 Å². The SMILES string of the molecule is CCn1nnc2cc(C(=O)Nc3nc(-c4ccccc4)cs3)ccc21. The molecule has 1 amide bonds. The summed E-state index contributed by atoms with van der Waals surface area (Å²) in [5.41, 5.74) is 4.03. The Morgan fingerprint density at radius 1 is 1.20 bits per heavy atom. The fourth-order valence-electron chi connectivity index (χ4n) is 2.59. The Bertz CT molecular complexity index is 1040. The molecule has 0 unspecified atom stereocenters. The number of hydrogen-bond donors (Lipinski definition) is 1. The third-order valence-corrected chi connectivity index (χ3v) is 4.63. The Morgan fingerprint density at radius 2 is 2.04 bits per heavy atom. The van der Waals surface area contributed by atoms with Gasteiger partial charge in [0.05, 0.1) is 11.2 Å². The molecule has 0 saturated heterocycles. The number of rotatable bonds is 4. The molecule has 0 atom stereocenters. The molecule has 6 nitrogen and oxygen atoms in total. The van der Waals surface area contributed by atoms with Gasteiger partial charge in [-0.3, -0.25) is 10.1 Å². The number of aromatic nitrogens is 4. The van der Waals surface area contributed by atoms with E-state index >= 15 is 0 Å². The van der Waals surface area contributed by atoms with Crippen molar-refractivity contribution in [3.63, 3.8) is 0 Å². The van der Waals surface area contributed by atoms with Crippen molar-refractivity contribution >= 4 is 33.4 Å². The van der Waals surface area contributed by atoms with E-state index in [0.29, 0.717) is 16.2 Å². The minimum Gasteiger partial charge on any atom is -0.298 e. The monoisotopic (exact) mass is 349 g/mol. The van der Waals surface area contributed by atoms with E-state index < -0.39 is 0 Å². The summed E-state index contributed by atoms with van der Waals surface area (Å²) in [6, 6.07) is 15.3. The summed E-state index contributed by atoms with van der Waals surface area (Å²) in [6.07, 6.45) is 0. The number of aryl methyl sites for hydroxylation is 1. The van der Waals surface area contributed by atoms with E-state index in [9.17, 15) is 4.79 Å². The zero-order valence-corrected chi connectivity index (χ0v) is 14.3. The maximum atomic E-state index is 12.5. The van der Waals surface area contributed by atoms with Gasteiger partial charge >= 0.3 is 0 Å². The highest BCUT2D eigenvalue weighted by Gasteiger charge is 2.12. The fourth-order valence-corrected chi connectivity index (χ4v) is 3.30. The Kier molecular flexibility index (Phi) is 3.99. The molecule has 0 bridgehead atoms. The molecule has 2 aromatic heterocycles. The number of thiazole rings is 1. The molecule has 0 aliphatic heterocycles. The number of nitrogens with one attached hydrogen (secondary N) is 1. The third kappa shape index (κ3) is 3.01. The average molecular weight is 349 g/mol. The first-order valence-corrected chi connectivity index (χ1v) is 8.78. The van der Waals surface area contributed by atoms with Crippen LogP contribution >= 0.6 is 11.3 Å². The van der Waals surface area contributed by atoms with E-state index in [2.05, 4.69) is 20.6 Å². The molecule has 0 saturated carbocycles. The van der Waals surface area contributed by atoms with E-state index in [-0.39, 0.29) is 5.91 Å². The third-order valence-electron chi connectivity index (χ3n) is 3.87. The minimum absolute atomic E-state index is 0.207. The lowest BCUT2D eigenvalue weighted by molar-refractivity contribution is 0.102. The van der Waals surface area contributed by atoms with Crippen molar-refractivity contribution in [1.29, 1.82) is 0 Å². The van der Waals surface area contributed by atoms with Crippen molar-refractivity contribution in [2.45, 2.75) is 13.5 Å². The molecule has 4 aromatic rings. The summed E-state index contributed by atoms with van der Waals surface area (Å²) in [6.45, 7) is 2.74. The maximum Gasteiger partial charge on any atom is 0.257 e. The van der Waals surface area contributed by atoms with Crippen molar-refractivity contribution < 1.29 is 4.79 Å².